The zero-order chi connectivity index (χ0) is 14.2. The Morgan fingerprint density at radius 3 is 2.42 bits per heavy atom. The number of likely N-dealkylation sites (tertiary alicyclic amines) is 1. The lowest BCUT2D eigenvalue weighted by atomic mass is 9.67. The number of aliphatic carboxylic acids is 1. The van der Waals surface area contributed by atoms with E-state index in [0.717, 1.165) is 12.8 Å². The van der Waals surface area contributed by atoms with Crippen molar-refractivity contribution >= 4 is 11.9 Å². The lowest BCUT2D eigenvalue weighted by molar-refractivity contribution is -0.142. The molecule has 4 nitrogen and oxygen atoms in total. The van der Waals surface area contributed by atoms with Crippen molar-refractivity contribution in [2.24, 2.45) is 23.2 Å². The van der Waals surface area contributed by atoms with E-state index in [1.54, 1.807) is 4.90 Å². The van der Waals surface area contributed by atoms with Gasteiger partial charge in [-0.3, -0.25) is 9.59 Å². The molecule has 0 aromatic carbocycles. The van der Waals surface area contributed by atoms with Gasteiger partial charge in [0.15, 0.2) is 0 Å². The Morgan fingerprint density at radius 2 is 1.89 bits per heavy atom. The van der Waals surface area contributed by atoms with Gasteiger partial charge in [-0.2, -0.15) is 0 Å². The number of hydrogen-bond acceptors (Lipinski definition) is 2. The van der Waals surface area contributed by atoms with Crippen molar-refractivity contribution in [2.75, 3.05) is 13.1 Å². The van der Waals surface area contributed by atoms with Crippen molar-refractivity contribution < 1.29 is 14.7 Å². The maximum Gasteiger partial charge on any atom is 0.308 e. The average Bonchev–Trinajstić information content (AvgIpc) is 2.74. The van der Waals surface area contributed by atoms with Gasteiger partial charge in [0.1, 0.15) is 0 Å². The molecule has 2 rings (SSSR count). The Bertz CT molecular complexity index is 378. The molecule has 1 aliphatic heterocycles. The van der Waals surface area contributed by atoms with Gasteiger partial charge in [0.25, 0.3) is 0 Å². The van der Waals surface area contributed by atoms with Gasteiger partial charge in [0.05, 0.1) is 5.92 Å². The summed E-state index contributed by atoms with van der Waals surface area (Å²) in [5.74, 6) is -0.282. The van der Waals surface area contributed by atoms with Gasteiger partial charge < -0.3 is 10.0 Å². The van der Waals surface area contributed by atoms with Crippen LogP contribution in [0.3, 0.4) is 0 Å². The van der Waals surface area contributed by atoms with Gasteiger partial charge in [-0.25, -0.2) is 0 Å². The molecule has 19 heavy (non-hydrogen) atoms. The summed E-state index contributed by atoms with van der Waals surface area (Å²) in [6.07, 6.45) is 3.67. The van der Waals surface area contributed by atoms with Crippen molar-refractivity contribution in [1.29, 1.82) is 0 Å². The fourth-order valence-corrected chi connectivity index (χ4v) is 3.95. The van der Waals surface area contributed by atoms with Crippen LogP contribution < -0.4 is 0 Å². The minimum Gasteiger partial charge on any atom is -0.481 e. The highest BCUT2D eigenvalue weighted by atomic mass is 16.4. The Labute approximate surface area is 115 Å². The number of nitrogens with zero attached hydrogens (tertiary/aromatic N) is 1. The molecule has 0 aromatic heterocycles. The highest BCUT2D eigenvalue weighted by molar-refractivity contribution is 5.81. The van der Waals surface area contributed by atoms with E-state index < -0.39 is 5.97 Å². The van der Waals surface area contributed by atoms with Crippen molar-refractivity contribution in [3.05, 3.63) is 0 Å². The minimum atomic E-state index is -0.771. The van der Waals surface area contributed by atoms with Crippen LogP contribution in [0.5, 0.6) is 0 Å². The van der Waals surface area contributed by atoms with Crippen LogP contribution in [0.1, 0.15) is 46.5 Å². The Hall–Kier alpha value is -1.06. The summed E-state index contributed by atoms with van der Waals surface area (Å²) in [6, 6.07) is 0. The summed E-state index contributed by atoms with van der Waals surface area (Å²) in [6.45, 7) is 7.69. The van der Waals surface area contributed by atoms with Crippen LogP contribution in [-0.4, -0.2) is 35.0 Å². The number of hydrogen-bond donors (Lipinski definition) is 1. The second-order valence-corrected chi connectivity index (χ2v) is 7.22. The normalized spacial score (nSPS) is 34.3. The van der Waals surface area contributed by atoms with Gasteiger partial charge in [-0.15, -0.1) is 0 Å². The third-order valence-electron chi connectivity index (χ3n) is 4.59. The molecule has 1 saturated heterocycles. The molecule has 2 aliphatic rings. The zero-order valence-electron chi connectivity index (χ0n) is 12.2. The van der Waals surface area contributed by atoms with Crippen molar-refractivity contribution in [2.45, 2.75) is 46.5 Å². The first-order valence-corrected chi connectivity index (χ1v) is 7.30. The first kappa shape index (κ1) is 14.4. The molecule has 1 aliphatic carbocycles. The largest absolute Gasteiger partial charge is 0.481 e. The van der Waals surface area contributed by atoms with Crippen molar-refractivity contribution in [1.82, 2.24) is 4.90 Å². The standard InChI is InChI=1S/C15H25NO3/c1-10-6-12(8-15(2,3)7-10)13(17)16-5-4-11(9-16)14(18)19/h10-12H,4-9H2,1-3H3,(H,18,19). The third-order valence-corrected chi connectivity index (χ3v) is 4.59. The fraction of sp³-hybridized carbons (Fsp3) is 0.867. The molecule has 0 bridgehead atoms. The molecule has 1 N–H and O–H groups in total. The monoisotopic (exact) mass is 267 g/mol. The molecule has 0 radical (unpaired) electrons. The molecule has 1 amide bonds. The first-order chi connectivity index (χ1) is 8.78. The van der Waals surface area contributed by atoms with Crippen LogP contribution in [0.25, 0.3) is 0 Å². The lowest BCUT2D eigenvalue weighted by Gasteiger charge is -2.39. The number of carboxylic acids is 1. The molecule has 108 valence electrons. The molecule has 3 unspecified atom stereocenters. The molecular formula is C15H25NO3. The van der Waals surface area contributed by atoms with Gasteiger partial charge in [-0.05, 0) is 37.0 Å². The number of amides is 1. The number of carboxylic acid groups (broad SMARTS) is 1. The molecule has 4 heteroatoms. The summed E-state index contributed by atoms with van der Waals surface area (Å²) in [4.78, 5) is 25.3. The Kier molecular flexibility index (Phi) is 3.88. The highest BCUT2D eigenvalue weighted by Crippen LogP contribution is 2.42. The van der Waals surface area contributed by atoms with Gasteiger partial charge in [0.2, 0.25) is 5.91 Å². The van der Waals surface area contributed by atoms with Gasteiger partial charge in [-0.1, -0.05) is 20.8 Å². The maximum atomic E-state index is 12.5. The smallest absolute Gasteiger partial charge is 0.308 e. The van der Waals surface area contributed by atoms with Crippen LogP contribution in [0, 0.1) is 23.2 Å². The second-order valence-electron chi connectivity index (χ2n) is 7.22. The van der Waals surface area contributed by atoms with Crippen LogP contribution in [0.15, 0.2) is 0 Å². The summed E-state index contributed by atoms with van der Waals surface area (Å²) in [5.41, 5.74) is 0.226. The van der Waals surface area contributed by atoms with Crippen LogP contribution in [0.4, 0.5) is 0 Å². The molecule has 3 atom stereocenters. The van der Waals surface area contributed by atoms with Gasteiger partial charge in [0, 0.05) is 19.0 Å². The summed E-state index contributed by atoms with van der Waals surface area (Å²) < 4.78 is 0. The number of rotatable bonds is 2. The molecule has 1 saturated carbocycles. The average molecular weight is 267 g/mol. The zero-order valence-corrected chi connectivity index (χ0v) is 12.2. The predicted molar refractivity (Wildman–Crippen MR) is 72.6 cm³/mol. The van der Waals surface area contributed by atoms with E-state index in [1.165, 1.54) is 6.42 Å². The van der Waals surface area contributed by atoms with E-state index >= 15 is 0 Å². The van der Waals surface area contributed by atoms with Gasteiger partial charge >= 0.3 is 5.97 Å². The molecule has 1 heterocycles. The molecule has 0 spiro atoms. The number of carbonyl (C=O) groups is 2. The lowest BCUT2D eigenvalue weighted by Crippen LogP contribution is -2.40. The van der Waals surface area contributed by atoms with E-state index in [-0.39, 0.29) is 23.2 Å². The molecule has 2 fully saturated rings. The van der Waals surface area contributed by atoms with Crippen LogP contribution in [0.2, 0.25) is 0 Å². The topological polar surface area (TPSA) is 57.6 Å². The summed E-state index contributed by atoms with van der Waals surface area (Å²) in [5, 5.41) is 9.01. The second kappa shape index (κ2) is 5.14. The Morgan fingerprint density at radius 1 is 1.21 bits per heavy atom. The fourth-order valence-electron chi connectivity index (χ4n) is 3.95. The van der Waals surface area contributed by atoms with E-state index in [9.17, 15) is 9.59 Å². The minimum absolute atomic E-state index is 0.0892. The Balaban J connectivity index is 1.98. The summed E-state index contributed by atoms with van der Waals surface area (Å²) >= 11 is 0. The SMILES string of the molecule is CC1CC(C(=O)N2CCC(C(=O)O)C2)CC(C)(C)C1. The van der Waals surface area contributed by atoms with E-state index in [2.05, 4.69) is 20.8 Å². The molecular weight excluding hydrogens is 242 g/mol. The van der Waals surface area contributed by atoms with E-state index in [1.807, 2.05) is 0 Å². The van der Waals surface area contributed by atoms with Crippen molar-refractivity contribution in [3.8, 4) is 0 Å². The first-order valence-electron chi connectivity index (χ1n) is 7.30. The number of carbonyl (C=O) groups excluding carboxylic acids is 1. The highest BCUT2D eigenvalue weighted by Gasteiger charge is 2.39. The summed E-state index contributed by atoms with van der Waals surface area (Å²) in [7, 11) is 0. The van der Waals surface area contributed by atoms with Crippen LogP contribution >= 0.6 is 0 Å². The maximum absolute atomic E-state index is 12.5. The quantitative estimate of drug-likeness (QED) is 0.835. The van der Waals surface area contributed by atoms with Crippen LogP contribution in [-0.2, 0) is 9.59 Å². The van der Waals surface area contributed by atoms with E-state index in [4.69, 9.17) is 5.11 Å². The predicted octanol–water partition coefficient (Wildman–Crippen LogP) is 2.38. The third kappa shape index (κ3) is 3.28. The van der Waals surface area contributed by atoms with Crippen molar-refractivity contribution in [3.63, 3.8) is 0 Å². The van der Waals surface area contributed by atoms with E-state index in [0.29, 0.717) is 25.4 Å². The molecule has 0 aromatic rings.